The fourth-order valence-electron chi connectivity index (χ4n) is 0.788. The number of carbonyl (C=O) groups is 2. The Morgan fingerprint density at radius 1 is 1.53 bits per heavy atom. The fourth-order valence-corrected chi connectivity index (χ4v) is 2.73. The van der Waals surface area contributed by atoms with Crippen LogP contribution in [0.4, 0.5) is 0 Å². The van der Waals surface area contributed by atoms with Gasteiger partial charge < -0.3 is 10.4 Å². The van der Waals surface area contributed by atoms with Crippen molar-refractivity contribution in [2.24, 2.45) is 0 Å². The number of thiophene rings is 1. The zero-order valence-corrected chi connectivity index (χ0v) is 11.6. The second-order valence-corrected chi connectivity index (χ2v) is 5.99. The maximum absolute atomic E-state index is 11.5. The van der Waals surface area contributed by atoms with Gasteiger partial charge in [-0.1, -0.05) is 0 Å². The standard InChI is InChI=1S/C8H7Br2NO3S/c1-3(8(13)14)11-7(12)5-2-4(9)6(10)15-5/h2-3H,1H3,(H,11,12)(H,13,14)/t3-/m1/s1. The number of nitrogens with one attached hydrogen (secondary N) is 1. The van der Waals surface area contributed by atoms with E-state index in [1.165, 1.54) is 18.3 Å². The maximum atomic E-state index is 11.5. The molecule has 1 atom stereocenters. The van der Waals surface area contributed by atoms with E-state index in [0.29, 0.717) is 4.88 Å². The number of rotatable bonds is 3. The Labute approximate surface area is 107 Å². The van der Waals surface area contributed by atoms with Gasteiger partial charge in [0.2, 0.25) is 0 Å². The Bertz CT molecular complexity index is 385. The Kier molecular flexibility index (Phi) is 4.30. The number of carbonyl (C=O) groups excluding carboxylic acids is 1. The topological polar surface area (TPSA) is 66.4 Å². The molecule has 7 heteroatoms. The molecule has 0 aliphatic carbocycles. The van der Waals surface area contributed by atoms with Crippen LogP contribution in [0.2, 0.25) is 0 Å². The van der Waals surface area contributed by atoms with E-state index < -0.39 is 12.0 Å². The van der Waals surface area contributed by atoms with Gasteiger partial charge in [0.05, 0.1) is 8.66 Å². The van der Waals surface area contributed by atoms with Gasteiger partial charge in [-0.25, -0.2) is 0 Å². The lowest BCUT2D eigenvalue weighted by Crippen LogP contribution is -2.37. The molecule has 0 bridgehead atoms. The van der Waals surface area contributed by atoms with Crippen LogP contribution in [0.25, 0.3) is 0 Å². The Balaban J connectivity index is 2.73. The van der Waals surface area contributed by atoms with Crippen LogP contribution in [-0.4, -0.2) is 23.0 Å². The highest BCUT2D eigenvalue weighted by molar-refractivity contribution is 9.13. The first kappa shape index (κ1) is 12.7. The van der Waals surface area contributed by atoms with Gasteiger partial charge in [-0.3, -0.25) is 9.59 Å². The summed E-state index contributed by atoms with van der Waals surface area (Å²) in [5.74, 6) is -1.45. The highest BCUT2D eigenvalue weighted by atomic mass is 79.9. The summed E-state index contributed by atoms with van der Waals surface area (Å²) >= 11 is 7.74. The summed E-state index contributed by atoms with van der Waals surface area (Å²) in [4.78, 5) is 22.5. The molecule has 0 unspecified atom stereocenters. The SMILES string of the molecule is C[C@@H](NC(=O)c1cc(Br)c(Br)s1)C(=O)O. The first-order valence-electron chi connectivity index (χ1n) is 3.90. The summed E-state index contributed by atoms with van der Waals surface area (Å²) in [5, 5.41) is 11.0. The minimum atomic E-state index is -1.06. The average Bonchev–Trinajstić information content (AvgIpc) is 2.46. The van der Waals surface area contributed by atoms with Crippen molar-refractivity contribution in [1.82, 2.24) is 5.32 Å². The van der Waals surface area contributed by atoms with Crippen LogP contribution in [0, 0.1) is 0 Å². The predicted molar refractivity (Wildman–Crippen MR) is 64.3 cm³/mol. The van der Waals surface area contributed by atoms with E-state index in [0.717, 1.165) is 8.26 Å². The van der Waals surface area contributed by atoms with Crippen molar-refractivity contribution in [1.29, 1.82) is 0 Å². The molecule has 0 radical (unpaired) electrons. The van der Waals surface area contributed by atoms with Crippen LogP contribution >= 0.6 is 43.2 Å². The fraction of sp³-hybridized carbons (Fsp3) is 0.250. The van der Waals surface area contributed by atoms with E-state index in [2.05, 4.69) is 37.2 Å². The highest BCUT2D eigenvalue weighted by Gasteiger charge is 2.17. The van der Waals surface area contributed by atoms with Gasteiger partial charge in [-0.05, 0) is 44.8 Å². The van der Waals surface area contributed by atoms with E-state index in [-0.39, 0.29) is 5.91 Å². The molecule has 1 rings (SSSR count). The van der Waals surface area contributed by atoms with Gasteiger partial charge in [0.25, 0.3) is 5.91 Å². The molecular weight excluding hydrogens is 350 g/mol. The first-order chi connectivity index (χ1) is 6.91. The molecule has 15 heavy (non-hydrogen) atoms. The van der Waals surface area contributed by atoms with E-state index in [1.54, 1.807) is 6.07 Å². The summed E-state index contributed by atoms with van der Waals surface area (Å²) in [7, 11) is 0. The maximum Gasteiger partial charge on any atom is 0.325 e. The van der Waals surface area contributed by atoms with Crippen LogP contribution in [0.5, 0.6) is 0 Å². The molecule has 4 nitrogen and oxygen atoms in total. The Morgan fingerprint density at radius 2 is 2.13 bits per heavy atom. The molecule has 0 saturated heterocycles. The highest BCUT2D eigenvalue weighted by Crippen LogP contribution is 2.32. The second kappa shape index (κ2) is 5.09. The average molecular weight is 357 g/mol. The van der Waals surface area contributed by atoms with Crippen LogP contribution in [0.3, 0.4) is 0 Å². The van der Waals surface area contributed by atoms with Crippen LogP contribution in [-0.2, 0) is 4.79 Å². The zero-order chi connectivity index (χ0) is 11.6. The number of hydrogen-bond donors (Lipinski definition) is 2. The second-order valence-electron chi connectivity index (χ2n) is 2.77. The third-order valence-corrected chi connectivity index (χ3v) is 4.84. The normalized spacial score (nSPS) is 12.2. The monoisotopic (exact) mass is 355 g/mol. The number of carboxylic acids is 1. The lowest BCUT2D eigenvalue weighted by atomic mass is 10.3. The molecule has 0 aliphatic heterocycles. The molecule has 1 amide bonds. The van der Waals surface area contributed by atoms with Gasteiger partial charge in [0, 0.05) is 4.47 Å². The summed E-state index contributed by atoms with van der Waals surface area (Å²) in [6.45, 7) is 1.41. The largest absolute Gasteiger partial charge is 0.480 e. The van der Waals surface area contributed by atoms with Crippen molar-refractivity contribution in [3.63, 3.8) is 0 Å². The van der Waals surface area contributed by atoms with E-state index in [9.17, 15) is 9.59 Å². The Morgan fingerprint density at radius 3 is 2.53 bits per heavy atom. The van der Waals surface area contributed by atoms with Crippen molar-refractivity contribution in [3.05, 3.63) is 19.2 Å². The van der Waals surface area contributed by atoms with Crippen molar-refractivity contribution in [3.8, 4) is 0 Å². The minimum Gasteiger partial charge on any atom is -0.480 e. The lowest BCUT2D eigenvalue weighted by Gasteiger charge is -2.07. The van der Waals surface area contributed by atoms with Crippen LogP contribution < -0.4 is 5.32 Å². The first-order valence-corrected chi connectivity index (χ1v) is 6.30. The van der Waals surface area contributed by atoms with E-state index >= 15 is 0 Å². The van der Waals surface area contributed by atoms with Crippen molar-refractivity contribution < 1.29 is 14.7 Å². The summed E-state index contributed by atoms with van der Waals surface area (Å²) < 4.78 is 1.58. The number of hydrogen-bond acceptors (Lipinski definition) is 3. The molecule has 0 spiro atoms. The number of aliphatic carboxylic acids is 1. The van der Waals surface area contributed by atoms with Crippen LogP contribution in [0.1, 0.15) is 16.6 Å². The van der Waals surface area contributed by atoms with Crippen LogP contribution in [0.15, 0.2) is 14.3 Å². The van der Waals surface area contributed by atoms with Gasteiger partial charge in [0.15, 0.2) is 0 Å². The third-order valence-electron chi connectivity index (χ3n) is 1.59. The molecule has 2 N–H and O–H groups in total. The van der Waals surface area contributed by atoms with Gasteiger partial charge in [-0.15, -0.1) is 11.3 Å². The van der Waals surface area contributed by atoms with E-state index in [1.807, 2.05) is 0 Å². The Hall–Kier alpha value is -0.400. The molecule has 1 aromatic heterocycles. The quantitative estimate of drug-likeness (QED) is 0.874. The minimum absolute atomic E-state index is 0.388. The predicted octanol–water partition coefficient (Wildman–Crippen LogP) is 2.48. The molecule has 0 fully saturated rings. The van der Waals surface area contributed by atoms with E-state index in [4.69, 9.17) is 5.11 Å². The molecule has 0 aromatic carbocycles. The molecular formula is C8H7Br2NO3S. The molecule has 0 aliphatic rings. The third kappa shape index (κ3) is 3.29. The smallest absolute Gasteiger partial charge is 0.325 e. The van der Waals surface area contributed by atoms with Crippen molar-refractivity contribution in [2.75, 3.05) is 0 Å². The summed E-state index contributed by atoms with van der Waals surface area (Å²) in [5.41, 5.74) is 0. The summed E-state index contributed by atoms with van der Waals surface area (Å²) in [6, 6.07) is 0.746. The molecule has 0 saturated carbocycles. The number of amides is 1. The zero-order valence-electron chi connectivity index (χ0n) is 7.58. The molecule has 82 valence electrons. The number of carboxylic acid groups (broad SMARTS) is 1. The molecule has 1 heterocycles. The van der Waals surface area contributed by atoms with Gasteiger partial charge in [0.1, 0.15) is 6.04 Å². The summed E-state index contributed by atoms with van der Waals surface area (Å²) in [6.07, 6.45) is 0. The lowest BCUT2D eigenvalue weighted by molar-refractivity contribution is -0.138. The number of halogens is 2. The van der Waals surface area contributed by atoms with Crippen molar-refractivity contribution in [2.45, 2.75) is 13.0 Å². The molecule has 1 aromatic rings. The van der Waals surface area contributed by atoms with Crippen molar-refractivity contribution >= 4 is 55.1 Å². The van der Waals surface area contributed by atoms with Gasteiger partial charge >= 0.3 is 5.97 Å². The van der Waals surface area contributed by atoms with Gasteiger partial charge in [-0.2, -0.15) is 0 Å².